The van der Waals surface area contributed by atoms with Crippen molar-refractivity contribution in [3.8, 4) is 0 Å². The van der Waals surface area contributed by atoms with Crippen LogP contribution >= 0.6 is 0 Å². The van der Waals surface area contributed by atoms with Gasteiger partial charge in [0.1, 0.15) is 5.83 Å². The van der Waals surface area contributed by atoms with Crippen LogP contribution in [0, 0.1) is 0 Å². The molecule has 3 rings (SSSR count). The highest BCUT2D eigenvalue weighted by molar-refractivity contribution is 5.76. The van der Waals surface area contributed by atoms with Crippen molar-refractivity contribution in [2.75, 3.05) is 6.61 Å². The molecule has 0 bridgehead atoms. The molecule has 0 aromatic carbocycles. The molecule has 0 radical (unpaired) electrons. The number of carbonyl (C=O) groups excluding carboxylic acids is 1. The van der Waals surface area contributed by atoms with Crippen LogP contribution in [0.5, 0.6) is 0 Å². The van der Waals surface area contributed by atoms with Gasteiger partial charge in [0, 0.05) is 11.7 Å². The van der Waals surface area contributed by atoms with E-state index in [0.717, 1.165) is 37.8 Å². The molecule has 0 aliphatic heterocycles. The number of hydrogen-bond donors (Lipinski definition) is 2. The summed E-state index contributed by atoms with van der Waals surface area (Å²) in [4.78, 5) is 12.1. The lowest BCUT2D eigenvalue weighted by Crippen LogP contribution is -2.44. The van der Waals surface area contributed by atoms with Gasteiger partial charge >= 0.3 is 6.03 Å². The summed E-state index contributed by atoms with van der Waals surface area (Å²) in [7, 11) is 0. The van der Waals surface area contributed by atoms with E-state index in [2.05, 4.69) is 16.4 Å². The third-order valence-electron chi connectivity index (χ3n) is 4.81. The monoisotopic (exact) mass is 386 g/mol. The van der Waals surface area contributed by atoms with E-state index < -0.39 is 11.7 Å². The van der Waals surface area contributed by atoms with Gasteiger partial charge in [-0.3, -0.25) is 0 Å². The second kappa shape index (κ2) is 10.0. The molecule has 3 aliphatic carbocycles. The van der Waals surface area contributed by atoms with Gasteiger partial charge in [-0.25, -0.2) is 9.18 Å². The number of urea groups is 1. The zero-order valence-corrected chi connectivity index (χ0v) is 15.6. The third kappa shape index (κ3) is 5.91. The molecule has 6 heteroatoms. The molecular formula is C22H24F2N2O2. The van der Waals surface area contributed by atoms with Gasteiger partial charge in [-0.15, -0.1) is 0 Å². The second-order valence-electron chi connectivity index (χ2n) is 6.88. The summed E-state index contributed by atoms with van der Waals surface area (Å²) in [6.07, 6.45) is 17.3. The van der Waals surface area contributed by atoms with E-state index in [1.807, 2.05) is 30.4 Å². The van der Waals surface area contributed by atoms with Gasteiger partial charge in [-0.2, -0.15) is 4.39 Å². The fourth-order valence-corrected chi connectivity index (χ4v) is 3.27. The number of ether oxygens (including phenoxy) is 1. The van der Waals surface area contributed by atoms with Crippen LogP contribution in [0.15, 0.2) is 77.3 Å². The first kappa shape index (κ1) is 20.1. The molecule has 1 fully saturated rings. The lowest BCUT2D eigenvalue weighted by molar-refractivity contribution is 0.0361. The maximum absolute atomic E-state index is 13.9. The Morgan fingerprint density at radius 2 is 1.96 bits per heavy atom. The molecule has 28 heavy (non-hydrogen) atoms. The normalized spacial score (nSPS) is 24.4. The first-order valence-corrected chi connectivity index (χ1v) is 9.52. The summed E-state index contributed by atoms with van der Waals surface area (Å²) < 4.78 is 33.4. The van der Waals surface area contributed by atoms with E-state index in [1.54, 1.807) is 0 Å². The Morgan fingerprint density at radius 1 is 1.14 bits per heavy atom. The molecule has 0 aromatic heterocycles. The molecule has 0 heterocycles. The molecule has 2 N–H and O–H groups in total. The molecule has 2 amide bonds. The van der Waals surface area contributed by atoms with Crippen LogP contribution in [0.2, 0.25) is 0 Å². The topological polar surface area (TPSA) is 50.4 Å². The van der Waals surface area contributed by atoms with Crippen molar-refractivity contribution in [1.29, 1.82) is 0 Å². The van der Waals surface area contributed by atoms with Gasteiger partial charge in [0.05, 0.1) is 18.3 Å². The van der Waals surface area contributed by atoms with Crippen LogP contribution in [0.4, 0.5) is 13.6 Å². The maximum atomic E-state index is 13.9. The van der Waals surface area contributed by atoms with Crippen LogP contribution in [-0.2, 0) is 4.74 Å². The van der Waals surface area contributed by atoms with Crippen molar-refractivity contribution in [3.05, 3.63) is 77.3 Å². The first-order valence-electron chi connectivity index (χ1n) is 9.52. The number of hydrogen-bond acceptors (Lipinski definition) is 2. The fraction of sp³-hybridized carbons (Fsp3) is 0.364. The Morgan fingerprint density at radius 3 is 2.79 bits per heavy atom. The molecule has 0 spiro atoms. The van der Waals surface area contributed by atoms with Crippen molar-refractivity contribution < 1.29 is 18.3 Å². The fourth-order valence-electron chi connectivity index (χ4n) is 3.27. The first-order chi connectivity index (χ1) is 13.6. The Labute approximate surface area is 163 Å². The Bertz CT molecular complexity index is 806. The van der Waals surface area contributed by atoms with Gasteiger partial charge in [0.25, 0.3) is 0 Å². The molecular weight excluding hydrogens is 362 g/mol. The van der Waals surface area contributed by atoms with Gasteiger partial charge in [-0.05, 0) is 56.4 Å². The minimum atomic E-state index is -0.730. The van der Waals surface area contributed by atoms with Crippen molar-refractivity contribution in [3.63, 3.8) is 0 Å². The van der Waals surface area contributed by atoms with Gasteiger partial charge in [0.2, 0.25) is 0 Å². The largest absolute Gasteiger partial charge is 0.373 e. The molecule has 148 valence electrons. The highest BCUT2D eigenvalue weighted by Crippen LogP contribution is 2.25. The third-order valence-corrected chi connectivity index (χ3v) is 4.81. The highest BCUT2D eigenvalue weighted by Gasteiger charge is 2.24. The molecule has 4 nitrogen and oxygen atoms in total. The molecule has 0 atom stereocenters. The quantitative estimate of drug-likeness (QED) is 0.666. The lowest BCUT2D eigenvalue weighted by atomic mass is 9.93. The van der Waals surface area contributed by atoms with E-state index in [1.165, 1.54) is 18.2 Å². The van der Waals surface area contributed by atoms with Crippen molar-refractivity contribution in [2.45, 2.75) is 44.2 Å². The summed E-state index contributed by atoms with van der Waals surface area (Å²) in [5.74, 6) is -1.37. The van der Waals surface area contributed by atoms with Crippen molar-refractivity contribution in [2.24, 2.45) is 0 Å². The van der Waals surface area contributed by atoms with Crippen LogP contribution in [0.1, 0.15) is 32.1 Å². The van der Waals surface area contributed by atoms with Crippen LogP contribution in [0.25, 0.3) is 0 Å². The van der Waals surface area contributed by atoms with Crippen molar-refractivity contribution >= 4 is 6.03 Å². The lowest BCUT2D eigenvalue weighted by Gasteiger charge is -2.29. The molecule has 3 aliphatic rings. The summed E-state index contributed by atoms with van der Waals surface area (Å²) in [5, 5.41) is 5.81. The van der Waals surface area contributed by atoms with Gasteiger partial charge < -0.3 is 15.4 Å². The Kier molecular flexibility index (Phi) is 7.18. The van der Waals surface area contributed by atoms with E-state index >= 15 is 0 Å². The summed E-state index contributed by atoms with van der Waals surface area (Å²) in [6.45, 7) is -0.125. The number of rotatable bonds is 5. The second-order valence-corrected chi connectivity index (χ2v) is 6.88. The Hall–Kier alpha value is -2.69. The van der Waals surface area contributed by atoms with E-state index in [0.29, 0.717) is 0 Å². The number of carbonyl (C=O) groups is 1. The Balaban J connectivity index is 1.41. The SMILES string of the molecule is O=C(NC1=CC=CCC=C1)NC1CCC(OCC2=C(F)C=CC=C=C2F)CC1. The van der Waals surface area contributed by atoms with Crippen LogP contribution in [0.3, 0.4) is 0 Å². The highest BCUT2D eigenvalue weighted by atomic mass is 19.1. The summed E-state index contributed by atoms with van der Waals surface area (Å²) in [5.41, 5.74) is 3.01. The molecule has 0 unspecified atom stereocenters. The van der Waals surface area contributed by atoms with Crippen LogP contribution < -0.4 is 10.6 Å². The van der Waals surface area contributed by atoms with Gasteiger partial charge in [0.15, 0.2) is 5.83 Å². The molecule has 0 aromatic rings. The summed E-state index contributed by atoms with van der Waals surface area (Å²) >= 11 is 0. The zero-order chi connectivity index (χ0) is 19.8. The average molecular weight is 386 g/mol. The predicted molar refractivity (Wildman–Crippen MR) is 105 cm³/mol. The minimum absolute atomic E-state index is 0.0575. The number of nitrogens with one attached hydrogen (secondary N) is 2. The minimum Gasteiger partial charge on any atom is -0.373 e. The van der Waals surface area contributed by atoms with E-state index in [-0.39, 0.29) is 30.4 Å². The predicted octanol–water partition coefficient (Wildman–Crippen LogP) is 4.82. The number of allylic oxidation sites excluding steroid dienone is 8. The molecule has 0 saturated heterocycles. The smallest absolute Gasteiger partial charge is 0.319 e. The maximum Gasteiger partial charge on any atom is 0.319 e. The summed E-state index contributed by atoms with van der Waals surface area (Å²) in [6, 6.07) is -0.172. The van der Waals surface area contributed by atoms with E-state index in [4.69, 9.17) is 4.74 Å². The number of amides is 2. The zero-order valence-electron chi connectivity index (χ0n) is 15.6. The molecule has 1 saturated carbocycles. The van der Waals surface area contributed by atoms with E-state index in [9.17, 15) is 13.6 Å². The van der Waals surface area contributed by atoms with Crippen molar-refractivity contribution in [1.82, 2.24) is 10.6 Å². The average Bonchev–Trinajstić information content (AvgIpc) is 3.02. The van der Waals surface area contributed by atoms with Crippen LogP contribution in [-0.4, -0.2) is 24.8 Å². The number of halogens is 2. The van der Waals surface area contributed by atoms with Gasteiger partial charge in [-0.1, -0.05) is 30.0 Å². The standard InChI is InChI=1S/C22H24F2N2O2/c23-20-9-5-6-10-21(24)19(20)15-28-18-13-11-17(12-14-18)26-22(27)25-16-7-3-1-2-4-8-16/h1,3-9,17-18H,2,11-15H2,(H2,25,26,27).